The molecule has 0 unspecified atom stereocenters. The fraction of sp³-hybridized carbons (Fsp3) is 0.467. The van der Waals surface area contributed by atoms with E-state index >= 15 is 0 Å². The van der Waals surface area contributed by atoms with Gasteiger partial charge in [-0.1, -0.05) is 18.2 Å². The molecule has 1 aliphatic rings. The molecule has 1 aromatic carbocycles. The van der Waals surface area contributed by atoms with Crippen LogP contribution in [0.5, 0.6) is 0 Å². The average molecular weight is 291 g/mol. The molecular formula is C15H21N3O3. The van der Waals surface area contributed by atoms with Gasteiger partial charge in [-0.25, -0.2) is 0 Å². The number of benzene rings is 1. The van der Waals surface area contributed by atoms with Crippen LogP contribution in [0.25, 0.3) is 0 Å². The summed E-state index contributed by atoms with van der Waals surface area (Å²) in [5.41, 5.74) is 7.01. The number of aliphatic carboxylic acids is 1. The lowest BCUT2D eigenvalue weighted by atomic mass is 10.1. The van der Waals surface area contributed by atoms with Crippen LogP contribution in [-0.2, 0) is 16.0 Å². The van der Waals surface area contributed by atoms with Gasteiger partial charge in [0.15, 0.2) is 0 Å². The molecular weight excluding hydrogens is 270 g/mol. The second-order valence-electron chi connectivity index (χ2n) is 5.39. The Kier molecular flexibility index (Phi) is 5.30. The summed E-state index contributed by atoms with van der Waals surface area (Å²) >= 11 is 0. The average Bonchev–Trinajstić information content (AvgIpc) is 2.43. The Hall–Kier alpha value is -1.92. The number of hydrogen-bond acceptors (Lipinski definition) is 4. The van der Waals surface area contributed by atoms with Gasteiger partial charge in [-0.3, -0.25) is 14.5 Å². The van der Waals surface area contributed by atoms with Crippen LogP contribution in [0.1, 0.15) is 18.4 Å². The van der Waals surface area contributed by atoms with E-state index in [1.54, 1.807) is 24.3 Å². The summed E-state index contributed by atoms with van der Waals surface area (Å²) in [4.78, 5) is 25.0. The van der Waals surface area contributed by atoms with Crippen LogP contribution in [0.2, 0.25) is 0 Å². The third kappa shape index (κ3) is 4.84. The van der Waals surface area contributed by atoms with Crippen molar-refractivity contribution in [3.63, 3.8) is 0 Å². The quantitative estimate of drug-likeness (QED) is 0.741. The second-order valence-corrected chi connectivity index (χ2v) is 5.39. The summed E-state index contributed by atoms with van der Waals surface area (Å²) in [6.07, 6.45) is 1.71. The molecule has 1 fully saturated rings. The second kappa shape index (κ2) is 7.19. The van der Waals surface area contributed by atoms with E-state index < -0.39 is 5.97 Å². The Morgan fingerprint density at radius 1 is 1.29 bits per heavy atom. The van der Waals surface area contributed by atoms with Gasteiger partial charge in [-0.05, 0) is 24.5 Å². The molecule has 1 heterocycles. The summed E-state index contributed by atoms with van der Waals surface area (Å²) in [5.74, 6) is -1.04. The summed E-state index contributed by atoms with van der Waals surface area (Å²) < 4.78 is 0. The zero-order valence-electron chi connectivity index (χ0n) is 11.9. The lowest BCUT2D eigenvalue weighted by Gasteiger charge is -2.29. The van der Waals surface area contributed by atoms with Crippen LogP contribution >= 0.6 is 0 Å². The number of carboxylic acid groups (broad SMARTS) is 1. The zero-order chi connectivity index (χ0) is 15.2. The van der Waals surface area contributed by atoms with E-state index in [0.29, 0.717) is 17.8 Å². The van der Waals surface area contributed by atoms with Crippen LogP contribution < -0.4 is 11.1 Å². The molecule has 6 heteroatoms. The van der Waals surface area contributed by atoms with E-state index in [2.05, 4.69) is 10.2 Å². The number of piperidine rings is 1. The van der Waals surface area contributed by atoms with Crippen LogP contribution in [0.3, 0.4) is 0 Å². The van der Waals surface area contributed by atoms with Crippen LogP contribution in [0, 0.1) is 0 Å². The number of carbonyl (C=O) groups is 2. The first kappa shape index (κ1) is 15.5. The van der Waals surface area contributed by atoms with Gasteiger partial charge in [0, 0.05) is 24.8 Å². The molecule has 6 nitrogen and oxygen atoms in total. The fourth-order valence-electron chi connectivity index (χ4n) is 2.46. The topological polar surface area (TPSA) is 95.7 Å². The standard InChI is InChI=1S/C15H21N3O3/c16-12-5-7-18(8-6-12)10-14(19)17-13-4-2-1-3-11(13)9-15(20)21/h1-4,12H,5-10,16H2,(H,17,19)(H,20,21). The highest BCUT2D eigenvalue weighted by molar-refractivity contribution is 5.93. The van der Waals surface area contributed by atoms with Gasteiger partial charge < -0.3 is 16.2 Å². The number of nitrogens with one attached hydrogen (secondary N) is 1. The molecule has 0 radical (unpaired) electrons. The third-order valence-corrected chi connectivity index (χ3v) is 3.63. The maximum Gasteiger partial charge on any atom is 0.307 e. The van der Waals surface area contributed by atoms with Crippen molar-refractivity contribution >= 4 is 17.6 Å². The number of anilines is 1. The lowest BCUT2D eigenvalue weighted by Crippen LogP contribution is -2.43. The van der Waals surface area contributed by atoms with Crippen LogP contribution in [0.15, 0.2) is 24.3 Å². The van der Waals surface area contributed by atoms with Crippen molar-refractivity contribution in [3.8, 4) is 0 Å². The highest BCUT2D eigenvalue weighted by Crippen LogP contribution is 2.16. The number of hydrogen-bond donors (Lipinski definition) is 3. The van der Waals surface area contributed by atoms with Gasteiger partial charge in [0.25, 0.3) is 0 Å². The molecule has 0 saturated carbocycles. The number of para-hydroxylation sites is 1. The highest BCUT2D eigenvalue weighted by atomic mass is 16.4. The first-order chi connectivity index (χ1) is 10.0. The van der Waals surface area contributed by atoms with Gasteiger partial charge in [-0.2, -0.15) is 0 Å². The SMILES string of the molecule is NC1CCN(CC(=O)Nc2ccccc2CC(=O)O)CC1. The molecule has 1 amide bonds. The van der Waals surface area contributed by atoms with Crippen molar-refractivity contribution in [1.29, 1.82) is 0 Å². The van der Waals surface area contributed by atoms with Crippen molar-refractivity contribution < 1.29 is 14.7 Å². The predicted octanol–water partition coefficient (Wildman–Crippen LogP) is 0.675. The highest BCUT2D eigenvalue weighted by Gasteiger charge is 2.18. The van der Waals surface area contributed by atoms with Crippen molar-refractivity contribution in [2.45, 2.75) is 25.3 Å². The maximum absolute atomic E-state index is 12.1. The molecule has 1 saturated heterocycles. The van der Waals surface area contributed by atoms with Crippen LogP contribution in [0.4, 0.5) is 5.69 Å². The molecule has 21 heavy (non-hydrogen) atoms. The van der Waals surface area contributed by atoms with E-state index in [-0.39, 0.29) is 18.4 Å². The van der Waals surface area contributed by atoms with Crippen molar-refractivity contribution in [3.05, 3.63) is 29.8 Å². The van der Waals surface area contributed by atoms with E-state index in [4.69, 9.17) is 10.8 Å². The van der Waals surface area contributed by atoms with Gasteiger partial charge in [0.2, 0.25) is 5.91 Å². The maximum atomic E-state index is 12.1. The van der Waals surface area contributed by atoms with Crippen molar-refractivity contribution in [2.75, 3.05) is 25.0 Å². The number of carbonyl (C=O) groups excluding carboxylic acids is 1. The molecule has 1 aliphatic heterocycles. The minimum atomic E-state index is -0.915. The van der Waals surface area contributed by atoms with Gasteiger partial charge in [0.1, 0.15) is 0 Å². The van der Waals surface area contributed by atoms with Crippen molar-refractivity contribution in [1.82, 2.24) is 4.90 Å². The number of nitrogens with two attached hydrogens (primary N) is 1. The summed E-state index contributed by atoms with van der Waals surface area (Å²) in [7, 11) is 0. The molecule has 0 spiro atoms. The number of amides is 1. The van der Waals surface area contributed by atoms with E-state index in [0.717, 1.165) is 25.9 Å². The van der Waals surface area contributed by atoms with Crippen molar-refractivity contribution in [2.24, 2.45) is 5.73 Å². The molecule has 114 valence electrons. The Labute approximate surface area is 123 Å². The lowest BCUT2D eigenvalue weighted by molar-refractivity contribution is -0.136. The number of likely N-dealkylation sites (tertiary alicyclic amines) is 1. The minimum Gasteiger partial charge on any atom is -0.481 e. The summed E-state index contributed by atoms with van der Waals surface area (Å²) in [6, 6.07) is 7.22. The smallest absolute Gasteiger partial charge is 0.307 e. The fourth-order valence-corrected chi connectivity index (χ4v) is 2.46. The largest absolute Gasteiger partial charge is 0.481 e. The Morgan fingerprint density at radius 3 is 2.62 bits per heavy atom. The van der Waals surface area contributed by atoms with Gasteiger partial charge >= 0.3 is 5.97 Å². The van der Waals surface area contributed by atoms with Gasteiger partial charge in [-0.15, -0.1) is 0 Å². The molecule has 1 aromatic rings. The molecule has 0 aliphatic carbocycles. The minimum absolute atomic E-state index is 0.102. The third-order valence-electron chi connectivity index (χ3n) is 3.63. The van der Waals surface area contributed by atoms with Crippen LogP contribution in [-0.4, -0.2) is 47.6 Å². The Bertz CT molecular complexity index is 511. The number of carboxylic acids is 1. The summed E-state index contributed by atoms with van der Waals surface area (Å²) in [5, 5.41) is 11.7. The molecule has 0 bridgehead atoms. The Balaban J connectivity index is 1.92. The van der Waals surface area contributed by atoms with E-state index in [1.807, 2.05) is 0 Å². The normalized spacial score (nSPS) is 16.6. The van der Waals surface area contributed by atoms with E-state index in [1.165, 1.54) is 0 Å². The zero-order valence-corrected chi connectivity index (χ0v) is 11.9. The first-order valence-electron chi connectivity index (χ1n) is 7.12. The molecule has 0 aromatic heterocycles. The number of nitrogens with zero attached hydrogens (tertiary/aromatic N) is 1. The molecule has 0 atom stereocenters. The first-order valence-corrected chi connectivity index (χ1v) is 7.12. The molecule has 4 N–H and O–H groups in total. The molecule has 2 rings (SSSR count). The monoisotopic (exact) mass is 291 g/mol. The predicted molar refractivity (Wildman–Crippen MR) is 80.1 cm³/mol. The summed E-state index contributed by atoms with van der Waals surface area (Å²) in [6.45, 7) is 1.96. The number of rotatable bonds is 5. The van der Waals surface area contributed by atoms with Gasteiger partial charge in [0.05, 0.1) is 13.0 Å². The van der Waals surface area contributed by atoms with E-state index in [9.17, 15) is 9.59 Å². The Morgan fingerprint density at radius 2 is 1.95 bits per heavy atom.